The quantitative estimate of drug-likeness (QED) is 0.0519. The maximum atomic E-state index is 13.1. The molecule has 23 heteroatoms. The van der Waals surface area contributed by atoms with E-state index in [0.29, 0.717) is 88.0 Å². The number of morpholine rings is 2. The Morgan fingerprint density at radius 3 is 1.44 bits per heavy atom. The van der Waals surface area contributed by atoms with Crippen molar-refractivity contribution in [3.8, 4) is 46.4 Å². The van der Waals surface area contributed by atoms with Gasteiger partial charge in [0.2, 0.25) is 0 Å². The van der Waals surface area contributed by atoms with Gasteiger partial charge in [0.25, 0.3) is 11.8 Å². The molecule has 0 radical (unpaired) electrons. The highest BCUT2D eigenvalue weighted by Gasteiger charge is 2.38. The fourth-order valence-electron chi connectivity index (χ4n) is 8.16. The fraction of sp³-hybridized carbons (Fsp3) is 0.406. The molecule has 0 unspecified atom stereocenters. The number of nitrogens with one attached hydrogen (secondary N) is 2. The molecule has 0 spiro atoms. The van der Waals surface area contributed by atoms with Gasteiger partial charge in [-0.3, -0.25) is 19.6 Å². The van der Waals surface area contributed by atoms with Crippen molar-refractivity contribution in [2.45, 2.75) is 104 Å². The molecule has 0 saturated carbocycles. The molecule has 87 heavy (non-hydrogen) atoms. The van der Waals surface area contributed by atoms with E-state index in [4.69, 9.17) is 41.3 Å². The Morgan fingerprint density at radius 1 is 0.609 bits per heavy atom. The highest BCUT2D eigenvalue weighted by atomic mass is 35.5. The van der Waals surface area contributed by atoms with Crippen molar-refractivity contribution in [1.29, 1.82) is 0 Å². The first kappa shape index (κ1) is 69.0. The predicted molar refractivity (Wildman–Crippen MR) is 336 cm³/mol. The summed E-state index contributed by atoms with van der Waals surface area (Å²) in [5.74, 6) is 8.98. The number of halogens is 7. The maximum absolute atomic E-state index is 13.1. The SMILES string of the molecule is C#CCO[Si](C)(C)C(C)(C)C.Cc1ccc(NC(=O)c2ccnc(C(F)(F)F)c2)cc1-c1cc(C#CCO[Si](C)(C)C(C)(C)C)nc(N2CCOCC2)c1.Cc1ccc(NC(=O)c2ccnc(C(F)(F)F)c2)cc1-c1cc(Cl)nc(N2CCOCC2)c1. The van der Waals surface area contributed by atoms with Gasteiger partial charge < -0.3 is 38.8 Å². The number of aromatic nitrogens is 4. The van der Waals surface area contributed by atoms with Crippen molar-refractivity contribution in [3.05, 3.63) is 142 Å². The normalized spacial score (nSPS) is 14.0. The summed E-state index contributed by atoms with van der Waals surface area (Å²) >= 11 is 6.29. The first-order valence-electron chi connectivity index (χ1n) is 28.1. The molecule has 2 N–H and O–H groups in total. The van der Waals surface area contributed by atoms with Gasteiger partial charge in [0.1, 0.15) is 33.9 Å². The van der Waals surface area contributed by atoms with Crippen molar-refractivity contribution < 1.29 is 54.3 Å². The van der Waals surface area contributed by atoms with E-state index >= 15 is 0 Å². The summed E-state index contributed by atoms with van der Waals surface area (Å²) in [6.07, 6.45) is -2.22. The Morgan fingerprint density at radius 2 is 1.02 bits per heavy atom. The molecule has 2 aromatic carbocycles. The standard InChI is InChI=1S/C32H37F3N4O3Si.C23H20ClF3N4O2.C9H18OSi/c1-22-9-10-26(38-30(40)23-11-12-36-28(19-23)32(33,34)35)21-27(22)24-18-25(8-7-15-42-43(5,6)31(2,3)4)37-29(20-24)39-13-16-41-17-14-39;1-14-2-3-17(29-22(32)15-4-5-28-19(10-15)23(25,26)27)13-18(14)16-11-20(24)30-21(12-16)31-6-8-33-9-7-31;1-7-8-10-11(5,6)9(2,3)4/h9-12,18-21H,13-17H2,1-6H3,(H,38,40);2-5,10-13H,6-9H2,1H3,(H,29,32);1H,8H2,2-6H3. The smallest absolute Gasteiger partial charge is 0.406 e. The second kappa shape index (κ2) is 29.2. The van der Waals surface area contributed by atoms with E-state index in [1.165, 1.54) is 12.1 Å². The average Bonchev–Trinajstić information content (AvgIpc) is 1.31. The van der Waals surface area contributed by atoms with Crippen LogP contribution >= 0.6 is 11.6 Å². The number of anilines is 4. The van der Waals surface area contributed by atoms with E-state index in [1.54, 1.807) is 30.3 Å². The topological polar surface area (TPSA) is 153 Å². The number of amides is 2. The Labute approximate surface area is 513 Å². The minimum absolute atomic E-state index is 0.0757. The molecule has 2 aliphatic rings. The van der Waals surface area contributed by atoms with Crippen LogP contribution in [0.1, 0.15) is 90.5 Å². The van der Waals surface area contributed by atoms with Crippen molar-refractivity contribution >= 4 is 63.1 Å². The number of benzene rings is 2. The minimum atomic E-state index is -4.65. The third kappa shape index (κ3) is 19.7. The van der Waals surface area contributed by atoms with E-state index in [0.717, 1.165) is 69.5 Å². The van der Waals surface area contributed by atoms with Crippen LogP contribution in [0.3, 0.4) is 0 Å². The van der Waals surface area contributed by atoms with Gasteiger partial charge in [0, 0.05) is 61.1 Å². The molecular formula is C64H75ClF6N8O6Si2. The molecule has 0 atom stereocenters. The van der Waals surface area contributed by atoms with Gasteiger partial charge in [-0.2, -0.15) is 26.3 Å². The molecule has 464 valence electrons. The van der Waals surface area contributed by atoms with Crippen LogP contribution in [-0.4, -0.2) is 114 Å². The van der Waals surface area contributed by atoms with Crippen molar-refractivity contribution in [1.82, 2.24) is 19.9 Å². The number of pyridine rings is 4. The highest BCUT2D eigenvalue weighted by Crippen LogP contribution is 2.38. The number of hydrogen-bond acceptors (Lipinski definition) is 12. The first-order valence-corrected chi connectivity index (χ1v) is 34.3. The summed E-state index contributed by atoms with van der Waals surface area (Å²) in [7, 11) is -3.52. The summed E-state index contributed by atoms with van der Waals surface area (Å²) in [4.78, 5) is 45.5. The third-order valence-electron chi connectivity index (χ3n) is 15.4. The lowest BCUT2D eigenvalue weighted by Gasteiger charge is -2.35. The molecule has 4 aromatic heterocycles. The van der Waals surface area contributed by atoms with Crippen molar-refractivity contribution in [2.24, 2.45) is 0 Å². The van der Waals surface area contributed by atoms with Gasteiger partial charge in [-0.25, -0.2) is 9.97 Å². The Balaban J connectivity index is 0.000000242. The molecule has 0 bridgehead atoms. The monoisotopic (exact) mass is 1260 g/mol. The summed E-state index contributed by atoms with van der Waals surface area (Å²) in [5.41, 5.74) is 4.14. The highest BCUT2D eigenvalue weighted by molar-refractivity contribution is 6.74. The number of hydrogen-bond donors (Lipinski definition) is 2. The van der Waals surface area contributed by atoms with E-state index in [9.17, 15) is 35.9 Å². The number of carbonyl (C=O) groups excluding carboxylic acids is 2. The molecule has 2 amide bonds. The number of ether oxygens (including phenoxy) is 2. The zero-order chi connectivity index (χ0) is 64.1. The number of carbonyl (C=O) groups is 2. The zero-order valence-corrected chi connectivity index (χ0v) is 53.9. The molecule has 6 heterocycles. The van der Waals surface area contributed by atoms with Gasteiger partial charge in [-0.1, -0.05) is 77.1 Å². The number of aryl methyl sites for hydroxylation is 2. The van der Waals surface area contributed by atoms with Crippen LogP contribution in [0, 0.1) is 38.0 Å². The molecule has 0 aliphatic carbocycles. The Bertz CT molecular complexity index is 3490. The number of nitrogens with zero attached hydrogens (tertiary/aromatic N) is 6. The average molecular weight is 1260 g/mol. The largest absolute Gasteiger partial charge is 0.433 e. The summed E-state index contributed by atoms with van der Waals surface area (Å²) in [5, 5.41) is 6.05. The van der Waals surface area contributed by atoms with Gasteiger partial charge in [-0.05, 0) is 162 Å². The first-order chi connectivity index (χ1) is 40.7. The number of alkyl halides is 6. The lowest BCUT2D eigenvalue weighted by molar-refractivity contribution is -0.142. The fourth-order valence-corrected chi connectivity index (χ4v) is 10.1. The molecular weight excluding hydrogens is 1180 g/mol. The zero-order valence-electron chi connectivity index (χ0n) is 51.2. The van der Waals surface area contributed by atoms with Gasteiger partial charge in [0.05, 0.1) is 39.6 Å². The molecule has 2 aliphatic heterocycles. The van der Waals surface area contributed by atoms with Gasteiger partial charge >= 0.3 is 12.4 Å². The van der Waals surface area contributed by atoms with Crippen LogP contribution in [0.2, 0.25) is 41.4 Å². The second-order valence-corrected chi connectivity index (χ2v) is 33.8. The summed E-state index contributed by atoms with van der Waals surface area (Å²) < 4.78 is 101. The van der Waals surface area contributed by atoms with E-state index < -0.39 is 52.2 Å². The third-order valence-corrected chi connectivity index (χ3v) is 24.5. The predicted octanol–water partition coefficient (Wildman–Crippen LogP) is 14.8. The molecule has 2 fully saturated rings. The second-order valence-electron chi connectivity index (χ2n) is 23.8. The van der Waals surface area contributed by atoms with E-state index in [-0.39, 0.29) is 21.2 Å². The summed E-state index contributed by atoms with van der Waals surface area (Å²) in [6.45, 7) is 31.8. The van der Waals surface area contributed by atoms with Gasteiger partial charge in [0.15, 0.2) is 16.6 Å². The van der Waals surface area contributed by atoms with Crippen LogP contribution in [-0.2, 0) is 30.7 Å². The number of rotatable bonds is 12. The Kier molecular flexibility index (Phi) is 23.2. The minimum Gasteiger partial charge on any atom is -0.406 e. The Hall–Kier alpha value is -7.16. The van der Waals surface area contributed by atoms with Crippen molar-refractivity contribution in [3.63, 3.8) is 0 Å². The molecule has 6 aromatic rings. The van der Waals surface area contributed by atoms with Gasteiger partial charge in [-0.15, -0.1) is 6.42 Å². The molecule has 14 nitrogen and oxygen atoms in total. The lowest BCUT2D eigenvalue weighted by Crippen LogP contribution is -2.40. The molecule has 8 rings (SSSR count). The maximum Gasteiger partial charge on any atom is 0.433 e. The van der Waals surface area contributed by atoms with Crippen LogP contribution in [0.15, 0.2) is 97.3 Å². The van der Waals surface area contributed by atoms with Crippen LogP contribution in [0.25, 0.3) is 22.3 Å². The van der Waals surface area contributed by atoms with Crippen molar-refractivity contribution in [2.75, 3.05) is 86.3 Å². The molecule has 2 saturated heterocycles. The van der Waals surface area contributed by atoms with Crippen LogP contribution in [0.4, 0.5) is 49.4 Å². The summed E-state index contributed by atoms with van der Waals surface area (Å²) in [6, 6.07) is 22.1. The van der Waals surface area contributed by atoms with E-state index in [1.807, 2.05) is 44.2 Å². The number of terminal acetylenes is 1. The lowest BCUT2D eigenvalue weighted by atomic mass is 9.99. The van der Waals surface area contributed by atoms with E-state index in [2.05, 4.69) is 121 Å². The van der Waals surface area contributed by atoms with Crippen LogP contribution < -0.4 is 20.4 Å². The van der Waals surface area contributed by atoms with Crippen LogP contribution in [0.5, 0.6) is 0 Å².